The van der Waals surface area contributed by atoms with Crippen molar-refractivity contribution < 1.29 is 4.79 Å². The van der Waals surface area contributed by atoms with Gasteiger partial charge >= 0.3 is 0 Å². The molecule has 0 saturated heterocycles. The molecule has 0 aromatic heterocycles. The number of nitrogens with one attached hydrogen (secondary N) is 1. The number of nitrogens with zero attached hydrogens (tertiary/aromatic N) is 1. The fourth-order valence-corrected chi connectivity index (χ4v) is 2.58. The smallest absolute Gasteiger partial charge is 0.237 e. The number of amides is 1. The quantitative estimate of drug-likeness (QED) is 0.686. The van der Waals surface area contributed by atoms with Crippen molar-refractivity contribution >= 4 is 11.6 Å². The molecular weight excluding hydrogens is 262 g/mol. The van der Waals surface area contributed by atoms with Crippen molar-refractivity contribution in [3.63, 3.8) is 0 Å². The van der Waals surface area contributed by atoms with Gasteiger partial charge < -0.3 is 16.0 Å². The first-order valence-electron chi connectivity index (χ1n) is 7.85. The minimum atomic E-state index is -0.549. The average Bonchev–Trinajstić information content (AvgIpc) is 3.28. The lowest BCUT2D eigenvalue weighted by Crippen LogP contribution is -2.54. The van der Waals surface area contributed by atoms with Crippen LogP contribution in [0.25, 0.3) is 0 Å². The molecule has 1 aromatic rings. The van der Waals surface area contributed by atoms with Gasteiger partial charge in [-0.2, -0.15) is 0 Å². The molecular formula is C17H27N3O. The van der Waals surface area contributed by atoms with E-state index in [1.54, 1.807) is 0 Å². The number of carbonyl (C=O) groups is 1. The fourth-order valence-electron chi connectivity index (χ4n) is 2.58. The van der Waals surface area contributed by atoms with Crippen LogP contribution in [0.2, 0.25) is 0 Å². The summed E-state index contributed by atoms with van der Waals surface area (Å²) in [7, 11) is 2.10. The van der Waals surface area contributed by atoms with Crippen molar-refractivity contribution in [2.24, 2.45) is 5.73 Å². The van der Waals surface area contributed by atoms with E-state index in [2.05, 4.69) is 41.5 Å². The summed E-state index contributed by atoms with van der Waals surface area (Å²) >= 11 is 0. The van der Waals surface area contributed by atoms with Gasteiger partial charge in [0.1, 0.15) is 0 Å². The number of para-hydroxylation sites is 1. The van der Waals surface area contributed by atoms with Gasteiger partial charge in [0.2, 0.25) is 5.91 Å². The summed E-state index contributed by atoms with van der Waals surface area (Å²) in [5, 5.41) is 3.40. The van der Waals surface area contributed by atoms with Crippen LogP contribution in [0.15, 0.2) is 30.3 Å². The van der Waals surface area contributed by atoms with Crippen LogP contribution in [0.3, 0.4) is 0 Å². The Morgan fingerprint density at radius 1 is 1.33 bits per heavy atom. The minimum Gasteiger partial charge on any atom is -0.375 e. The molecule has 3 N–H and O–H groups in total. The molecule has 21 heavy (non-hydrogen) atoms. The molecule has 1 aromatic carbocycles. The molecule has 1 aliphatic rings. The highest BCUT2D eigenvalue weighted by molar-refractivity contribution is 5.84. The van der Waals surface area contributed by atoms with Gasteiger partial charge in [0.15, 0.2) is 0 Å². The summed E-state index contributed by atoms with van der Waals surface area (Å²) in [4.78, 5) is 13.9. The van der Waals surface area contributed by atoms with Crippen LogP contribution in [0.5, 0.6) is 0 Å². The van der Waals surface area contributed by atoms with Crippen LogP contribution in [-0.2, 0) is 4.79 Å². The summed E-state index contributed by atoms with van der Waals surface area (Å²) in [6.45, 7) is 2.93. The molecule has 1 aliphatic carbocycles. The largest absolute Gasteiger partial charge is 0.375 e. The highest BCUT2D eigenvalue weighted by Crippen LogP contribution is 2.25. The third kappa shape index (κ3) is 4.74. The molecule has 0 aliphatic heterocycles. The van der Waals surface area contributed by atoms with Gasteiger partial charge in [-0.15, -0.1) is 0 Å². The third-order valence-electron chi connectivity index (χ3n) is 4.26. The topological polar surface area (TPSA) is 58.4 Å². The Morgan fingerprint density at radius 2 is 2.00 bits per heavy atom. The average molecular weight is 289 g/mol. The number of primary amides is 1. The van der Waals surface area contributed by atoms with Crippen LogP contribution in [0.4, 0.5) is 5.69 Å². The van der Waals surface area contributed by atoms with Crippen molar-refractivity contribution in [1.29, 1.82) is 0 Å². The van der Waals surface area contributed by atoms with Crippen LogP contribution >= 0.6 is 0 Å². The lowest BCUT2D eigenvalue weighted by atomic mass is 9.93. The predicted molar refractivity (Wildman–Crippen MR) is 87.3 cm³/mol. The van der Waals surface area contributed by atoms with E-state index in [-0.39, 0.29) is 5.91 Å². The Labute approximate surface area is 127 Å². The Balaban J connectivity index is 1.73. The van der Waals surface area contributed by atoms with Gasteiger partial charge in [-0.3, -0.25) is 4.79 Å². The van der Waals surface area contributed by atoms with E-state index in [0.717, 1.165) is 25.8 Å². The van der Waals surface area contributed by atoms with E-state index in [9.17, 15) is 4.79 Å². The molecule has 0 radical (unpaired) electrons. The van der Waals surface area contributed by atoms with Crippen LogP contribution in [0, 0.1) is 0 Å². The zero-order chi connectivity index (χ0) is 15.3. The first kappa shape index (κ1) is 15.8. The van der Waals surface area contributed by atoms with Crippen molar-refractivity contribution in [2.45, 2.75) is 50.6 Å². The lowest BCUT2D eigenvalue weighted by molar-refractivity contribution is -0.124. The maximum atomic E-state index is 11.7. The van der Waals surface area contributed by atoms with Crippen molar-refractivity contribution in [2.75, 3.05) is 18.5 Å². The zero-order valence-corrected chi connectivity index (χ0v) is 13.1. The van der Waals surface area contributed by atoms with Crippen LogP contribution < -0.4 is 16.0 Å². The van der Waals surface area contributed by atoms with Gasteiger partial charge in [-0.25, -0.2) is 0 Å². The first-order valence-corrected chi connectivity index (χ1v) is 7.85. The molecule has 4 nitrogen and oxygen atoms in total. The van der Waals surface area contributed by atoms with Gasteiger partial charge in [0, 0.05) is 25.3 Å². The molecule has 4 heteroatoms. The number of carbonyl (C=O) groups excluding carboxylic acids is 1. The molecule has 0 bridgehead atoms. The SMILES string of the molecule is CN(CCCCC(C)(NC1CC1)C(N)=O)c1ccccc1. The second kappa shape index (κ2) is 6.94. The van der Waals surface area contributed by atoms with Gasteiger partial charge in [0.25, 0.3) is 0 Å². The van der Waals surface area contributed by atoms with Crippen molar-refractivity contribution in [3.05, 3.63) is 30.3 Å². The highest BCUT2D eigenvalue weighted by atomic mass is 16.1. The second-order valence-electron chi connectivity index (χ2n) is 6.33. The third-order valence-corrected chi connectivity index (χ3v) is 4.26. The van der Waals surface area contributed by atoms with Crippen LogP contribution in [-0.4, -0.2) is 31.1 Å². The Hall–Kier alpha value is -1.55. The normalized spacial score (nSPS) is 17.2. The highest BCUT2D eigenvalue weighted by Gasteiger charge is 2.36. The summed E-state index contributed by atoms with van der Waals surface area (Å²) in [6, 6.07) is 10.9. The van der Waals surface area contributed by atoms with Gasteiger partial charge in [0.05, 0.1) is 5.54 Å². The number of hydrogen-bond acceptors (Lipinski definition) is 3. The molecule has 1 saturated carbocycles. The lowest BCUT2D eigenvalue weighted by Gasteiger charge is -2.28. The Kier molecular flexibility index (Phi) is 5.23. The minimum absolute atomic E-state index is 0.231. The molecule has 1 fully saturated rings. The van der Waals surface area contributed by atoms with E-state index >= 15 is 0 Å². The fraction of sp³-hybridized carbons (Fsp3) is 0.588. The Bertz CT molecular complexity index is 458. The summed E-state index contributed by atoms with van der Waals surface area (Å²) < 4.78 is 0. The number of hydrogen-bond donors (Lipinski definition) is 2. The number of rotatable bonds is 9. The standard InChI is InChI=1S/C17H27N3O/c1-17(16(18)21,19-14-10-11-14)12-6-7-13-20(2)15-8-4-3-5-9-15/h3-5,8-9,14,19H,6-7,10-13H2,1-2H3,(H2,18,21). The van der Waals surface area contributed by atoms with Crippen molar-refractivity contribution in [1.82, 2.24) is 5.32 Å². The van der Waals surface area contributed by atoms with Crippen LogP contribution in [0.1, 0.15) is 39.0 Å². The summed E-state index contributed by atoms with van der Waals surface area (Å²) in [6.07, 6.45) is 5.19. The first-order chi connectivity index (χ1) is 10.0. The maximum absolute atomic E-state index is 11.7. The van der Waals surface area contributed by atoms with Crippen molar-refractivity contribution in [3.8, 4) is 0 Å². The van der Waals surface area contributed by atoms with E-state index < -0.39 is 5.54 Å². The zero-order valence-electron chi connectivity index (χ0n) is 13.1. The monoisotopic (exact) mass is 289 g/mol. The van der Waals surface area contributed by atoms with E-state index in [1.165, 1.54) is 18.5 Å². The molecule has 0 spiro atoms. The number of anilines is 1. The molecule has 116 valence electrons. The van der Waals surface area contributed by atoms with Gasteiger partial charge in [-0.05, 0) is 51.2 Å². The molecule has 2 rings (SSSR count). The summed E-state index contributed by atoms with van der Waals surface area (Å²) in [5.41, 5.74) is 6.25. The van der Waals surface area contributed by atoms with E-state index in [1.807, 2.05) is 13.0 Å². The summed E-state index contributed by atoms with van der Waals surface area (Å²) in [5.74, 6) is -0.231. The Morgan fingerprint density at radius 3 is 2.57 bits per heavy atom. The second-order valence-corrected chi connectivity index (χ2v) is 6.33. The van der Waals surface area contributed by atoms with Gasteiger partial charge in [-0.1, -0.05) is 18.2 Å². The molecule has 1 atom stereocenters. The van der Waals surface area contributed by atoms with E-state index in [0.29, 0.717) is 6.04 Å². The maximum Gasteiger partial charge on any atom is 0.237 e. The molecule has 0 heterocycles. The number of unbranched alkanes of at least 4 members (excludes halogenated alkanes) is 1. The predicted octanol–water partition coefficient (Wildman–Crippen LogP) is 2.29. The molecule has 1 amide bonds. The number of nitrogens with two attached hydrogens (primary N) is 1. The number of benzene rings is 1. The van der Waals surface area contributed by atoms with E-state index in [4.69, 9.17) is 5.73 Å². The molecule has 1 unspecified atom stereocenters.